The highest BCUT2D eigenvalue weighted by Crippen LogP contribution is 2.20. The number of H-pyrrole nitrogens is 1. The minimum atomic E-state index is -0.162. The SMILES string of the molecule is CNCc1nc2nc3ccc(Br)cc3cc2c(=O)[nH]1. The topological polar surface area (TPSA) is 70.7 Å². The predicted octanol–water partition coefficient (Wildman–Crippen LogP) is 1.95. The van der Waals surface area contributed by atoms with Crippen molar-refractivity contribution in [2.75, 3.05) is 7.05 Å². The number of fused-ring (bicyclic) bond motifs is 2. The Morgan fingerprint density at radius 3 is 2.95 bits per heavy atom. The zero-order chi connectivity index (χ0) is 13.4. The minimum Gasteiger partial charge on any atom is -0.313 e. The maximum atomic E-state index is 12.0. The summed E-state index contributed by atoms with van der Waals surface area (Å²) in [6.45, 7) is 0.505. The molecule has 0 saturated heterocycles. The Morgan fingerprint density at radius 1 is 1.32 bits per heavy atom. The van der Waals surface area contributed by atoms with E-state index in [1.807, 2.05) is 24.3 Å². The fourth-order valence-electron chi connectivity index (χ4n) is 1.99. The van der Waals surface area contributed by atoms with E-state index >= 15 is 0 Å². The van der Waals surface area contributed by atoms with E-state index in [0.29, 0.717) is 23.4 Å². The van der Waals surface area contributed by atoms with Crippen LogP contribution in [0.2, 0.25) is 0 Å². The first kappa shape index (κ1) is 12.3. The Morgan fingerprint density at radius 2 is 2.16 bits per heavy atom. The van der Waals surface area contributed by atoms with Gasteiger partial charge in [-0.15, -0.1) is 0 Å². The van der Waals surface area contributed by atoms with Crippen molar-refractivity contribution < 1.29 is 0 Å². The molecule has 96 valence electrons. The summed E-state index contributed by atoms with van der Waals surface area (Å²) in [6, 6.07) is 7.57. The molecule has 0 aliphatic rings. The van der Waals surface area contributed by atoms with Gasteiger partial charge in [0.05, 0.1) is 17.4 Å². The maximum absolute atomic E-state index is 12.0. The first-order chi connectivity index (χ1) is 9.17. The average molecular weight is 319 g/mol. The fourth-order valence-corrected chi connectivity index (χ4v) is 2.37. The highest BCUT2D eigenvalue weighted by Gasteiger charge is 2.07. The van der Waals surface area contributed by atoms with Gasteiger partial charge in [-0.3, -0.25) is 4.79 Å². The van der Waals surface area contributed by atoms with Crippen LogP contribution in [0.4, 0.5) is 0 Å². The van der Waals surface area contributed by atoms with Crippen LogP contribution in [0.15, 0.2) is 33.5 Å². The summed E-state index contributed by atoms with van der Waals surface area (Å²) in [6.07, 6.45) is 0. The van der Waals surface area contributed by atoms with Gasteiger partial charge in [0.2, 0.25) is 0 Å². The number of nitrogens with zero attached hydrogens (tertiary/aromatic N) is 2. The first-order valence-corrected chi connectivity index (χ1v) is 6.60. The molecule has 0 aliphatic carbocycles. The van der Waals surface area contributed by atoms with Crippen LogP contribution < -0.4 is 10.9 Å². The number of pyridine rings is 1. The molecule has 0 saturated carbocycles. The zero-order valence-corrected chi connectivity index (χ0v) is 11.8. The van der Waals surface area contributed by atoms with Crippen molar-refractivity contribution in [3.63, 3.8) is 0 Å². The van der Waals surface area contributed by atoms with Crippen LogP contribution in [0.5, 0.6) is 0 Å². The quantitative estimate of drug-likeness (QED) is 0.708. The molecule has 0 aliphatic heterocycles. The van der Waals surface area contributed by atoms with E-state index in [1.54, 1.807) is 7.05 Å². The number of halogens is 1. The van der Waals surface area contributed by atoms with Crippen molar-refractivity contribution in [1.29, 1.82) is 0 Å². The largest absolute Gasteiger partial charge is 0.313 e. The van der Waals surface area contributed by atoms with E-state index in [2.05, 4.69) is 36.2 Å². The van der Waals surface area contributed by atoms with Crippen LogP contribution in [-0.4, -0.2) is 22.0 Å². The summed E-state index contributed by atoms with van der Waals surface area (Å²) in [7, 11) is 1.80. The molecular weight excluding hydrogens is 308 g/mol. The third kappa shape index (κ3) is 2.24. The molecule has 1 aromatic carbocycles. The molecule has 19 heavy (non-hydrogen) atoms. The summed E-state index contributed by atoms with van der Waals surface area (Å²) in [5, 5.41) is 4.37. The Hall–Kier alpha value is -1.79. The second-order valence-electron chi connectivity index (χ2n) is 4.24. The lowest BCUT2D eigenvalue weighted by molar-refractivity contribution is 0.758. The van der Waals surface area contributed by atoms with Crippen LogP contribution >= 0.6 is 15.9 Å². The lowest BCUT2D eigenvalue weighted by atomic mass is 10.2. The van der Waals surface area contributed by atoms with E-state index in [-0.39, 0.29) is 5.56 Å². The van der Waals surface area contributed by atoms with Crippen molar-refractivity contribution >= 4 is 37.9 Å². The van der Waals surface area contributed by atoms with Gasteiger partial charge in [-0.1, -0.05) is 15.9 Å². The number of aromatic nitrogens is 3. The maximum Gasteiger partial charge on any atom is 0.260 e. The summed E-state index contributed by atoms with van der Waals surface area (Å²) in [5.41, 5.74) is 1.14. The van der Waals surface area contributed by atoms with Gasteiger partial charge in [0.1, 0.15) is 5.82 Å². The molecule has 3 aromatic rings. The highest BCUT2D eigenvalue weighted by molar-refractivity contribution is 9.10. The predicted molar refractivity (Wildman–Crippen MR) is 78.1 cm³/mol. The third-order valence-electron chi connectivity index (χ3n) is 2.84. The molecule has 0 radical (unpaired) electrons. The molecule has 6 heteroatoms. The van der Waals surface area contributed by atoms with E-state index in [9.17, 15) is 4.79 Å². The van der Waals surface area contributed by atoms with Gasteiger partial charge < -0.3 is 10.3 Å². The zero-order valence-electron chi connectivity index (χ0n) is 10.2. The molecule has 0 fully saturated rings. The Balaban J connectivity index is 2.34. The van der Waals surface area contributed by atoms with E-state index in [0.717, 1.165) is 15.4 Å². The number of benzene rings is 1. The third-order valence-corrected chi connectivity index (χ3v) is 3.34. The van der Waals surface area contributed by atoms with Gasteiger partial charge in [-0.2, -0.15) is 0 Å². The summed E-state index contributed by atoms with van der Waals surface area (Å²) in [4.78, 5) is 23.6. The molecule has 5 nitrogen and oxygen atoms in total. The van der Waals surface area contributed by atoms with Gasteiger partial charge >= 0.3 is 0 Å². The van der Waals surface area contributed by atoms with Gasteiger partial charge in [0.25, 0.3) is 5.56 Å². The molecule has 2 aromatic heterocycles. The van der Waals surface area contributed by atoms with Crippen molar-refractivity contribution in [2.45, 2.75) is 6.54 Å². The van der Waals surface area contributed by atoms with Crippen molar-refractivity contribution in [2.24, 2.45) is 0 Å². The molecule has 3 rings (SSSR count). The molecule has 0 unspecified atom stereocenters. The normalized spacial score (nSPS) is 11.3. The second kappa shape index (κ2) is 4.71. The first-order valence-electron chi connectivity index (χ1n) is 5.81. The fraction of sp³-hybridized carbons (Fsp3) is 0.154. The molecule has 0 spiro atoms. The minimum absolute atomic E-state index is 0.162. The van der Waals surface area contributed by atoms with Gasteiger partial charge in [-0.25, -0.2) is 9.97 Å². The van der Waals surface area contributed by atoms with Crippen molar-refractivity contribution in [3.05, 3.63) is 44.9 Å². The smallest absolute Gasteiger partial charge is 0.260 e. The number of nitrogens with one attached hydrogen (secondary N) is 2. The van der Waals surface area contributed by atoms with Crippen LogP contribution in [0.1, 0.15) is 5.82 Å². The second-order valence-corrected chi connectivity index (χ2v) is 5.16. The van der Waals surface area contributed by atoms with Crippen LogP contribution in [-0.2, 0) is 6.54 Å². The van der Waals surface area contributed by atoms with Crippen molar-refractivity contribution in [3.8, 4) is 0 Å². The standard InChI is InChI=1S/C13H11BrN4O/c1-15-6-11-17-12-9(13(19)18-11)5-7-4-8(14)2-3-10(7)16-12/h2-5,15H,6H2,1H3,(H,16,17,18,19). The number of aromatic amines is 1. The van der Waals surface area contributed by atoms with Gasteiger partial charge in [0.15, 0.2) is 5.65 Å². The average Bonchev–Trinajstić information content (AvgIpc) is 2.37. The molecule has 2 heterocycles. The lowest BCUT2D eigenvalue weighted by Gasteiger charge is -2.04. The molecule has 0 amide bonds. The van der Waals surface area contributed by atoms with Crippen LogP contribution in [0.3, 0.4) is 0 Å². The lowest BCUT2D eigenvalue weighted by Crippen LogP contribution is -2.17. The highest BCUT2D eigenvalue weighted by atomic mass is 79.9. The molecular formula is C13H11BrN4O. The number of hydrogen-bond acceptors (Lipinski definition) is 4. The van der Waals surface area contributed by atoms with Crippen LogP contribution in [0, 0.1) is 0 Å². The summed E-state index contributed by atoms with van der Waals surface area (Å²) < 4.78 is 0.956. The molecule has 0 atom stereocenters. The van der Waals surface area contributed by atoms with E-state index < -0.39 is 0 Å². The Kier molecular flexibility index (Phi) is 3.04. The molecule has 2 N–H and O–H groups in total. The Labute approximate surface area is 117 Å². The summed E-state index contributed by atoms with van der Waals surface area (Å²) in [5.74, 6) is 0.587. The van der Waals surface area contributed by atoms with E-state index in [1.165, 1.54) is 0 Å². The van der Waals surface area contributed by atoms with Crippen LogP contribution in [0.25, 0.3) is 21.9 Å². The van der Waals surface area contributed by atoms with Crippen molar-refractivity contribution in [1.82, 2.24) is 20.3 Å². The van der Waals surface area contributed by atoms with Gasteiger partial charge in [-0.05, 0) is 31.3 Å². The molecule has 0 bridgehead atoms. The number of hydrogen-bond donors (Lipinski definition) is 2. The number of rotatable bonds is 2. The Bertz CT molecular complexity index is 828. The van der Waals surface area contributed by atoms with E-state index in [4.69, 9.17) is 0 Å². The van der Waals surface area contributed by atoms with Gasteiger partial charge in [0, 0.05) is 9.86 Å². The monoisotopic (exact) mass is 318 g/mol. The summed E-state index contributed by atoms with van der Waals surface area (Å²) >= 11 is 3.41.